The summed E-state index contributed by atoms with van der Waals surface area (Å²) in [7, 11) is 0. The van der Waals surface area contributed by atoms with E-state index >= 15 is 0 Å². The summed E-state index contributed by atoms with van der Waals surface area (Å²) < 4.78 is 0. The van der Waals surface area contributed by atoms with Gasteiger partial charge in [-0.05, 0) is 30.4 Å². The minimum absolute atomic E-state index is 0.164. The van der Waals surface area contributed by atoms with E-state index in [1.54, 1.807) is 4.90 Å². The third kappa shape index (κ3) is 4.34. The average molecular weight is 298 g/mol. The van der Waals surface area contributed by atoms with Gasteiger partial charge in [-0.25, -0.2) is 0 Å². The van der Waals surface area contributed by atoms with Crippen molar-refractivity contribution in [1.82, 2.24) is 10.2 Å². The predicted molar refractivity (Wildman–Crippen MR) is 85.3 cm³/mol. The molecule has 5 nitrogen and oxygen atoms in total. The molecule has 1 aliphatic rings. The molecule has 22 heavy (non-hydrogen) atoms. The number of rotatable bonds is 5. The molecule has 0 aliphatic carbocycles. The van der Waals surface area contributed by atoms with E-state index in [9.17, 15) is 10.1 Å². The van der Waals surface area contributed by atoms with Crippen molar-refractivity contribution in [3.63, 3.8) is 0 Å². The van der Waals surface area contributed by atoms with Gasteiger partial charge in [-0.2, -0.15) is 5.26 Å². The van der Waals surface area contributed by atoms with Crippen LogP contribution >= 0.6 is 0 Å². The smallest absolute Gasteiger partial charge is 0.265 e. The molecular weight excluding hydrogens is 276 g/mol. The van der Waals surface area contributed by atoms with Crippen LogP contribution in [0.1, 0.15) is 30.4 Å². The Morgan fingerprint density at radius 3 is 2.73 bits per heavy atom. The van der Waals surface area contributed by atoms with Crippen molar-refractivity contribution in [2.45, 2.75) is 32.4 Å². The maximum Gasteiger partial charge on any atom is 0.265 e. The Morgan fingerprint density at radius 2 is 2.05 bits per heavy atom. The Bertz CT molecular complexity index is 583. The number of piperidine rings is 1. The number of nitrogens with one attached hydrogen (secondary N) is 1. The first kappa shape index (κ1) is 16.1. The summed E-state index contributed by atoms with van der Waals surface area (Å²) in [6.07, 6.45) is 4.71. The molecule has 1 heterocycles. The molecule has 0 spiro atoms. The Hall–Kier alpha value is -2.32. The first-order chi connectivity index (χ1) is 10.7. The number of nitriles is 1. The highest BCUT2D eigenvalue weighted by molar-refractivity contribution is 5.97. The molecule has 1 amide bonds. The van der Waals surface area contributed by atoms with E-state index in [0.717, 1.165) is 43.5 Å². The molecule has 0 aromatic heterocycles. The van der Waals surface area contributed by atoms with Crippen molar-refractivity contribution >= 4 is 5.91 Å². The number of carbonyl (C=O) groups is 1. The maximum atomic E-state index is 12.3. The fourth-order valence-corrected chi connectivity index (χ4v) is 2.55. The van der Waals surface area contributed by atoms with E-state index in [4.69, 9.17) is 5.73 Å². The fourth-order valence-electron chi connectivity index (χ4n) is 2.55. The lowest BCUT2D eigenvalue weighted by atomic mass is 10.1. The third-order valence-corrected chi connectivity index (χ3v) is 3.77. The van der Waals surface area contributed by atoms with Crippen LogP contribution in [0.5, 0.6) is 0 Å². The van der Waals surface area contributed by atoms with Gasteiger partial charge in [-0.1, -0.05) is 24.3 Å². The second-order valence-electron chi connectivity index (χ2n) is 5.43. The molecule has 1 saturated heterocycles. The summed E-state index contributed by atoms with van der Waals surface area (Å²) in [6.45, 7) is 2.56. The quantitative estimate of drug-likeness (QED) is 0.640. The standard InChI is InChI=1S/C17H22N4O/c18-10-14-5-4-6-15(9-14)12-20-13-16(11-19)17(22)21-7-2-1-3-8-21/h4-6,9,13,20H,1-3,7-8,10,12,18H2/b16-13-. The van der Waals surface area contributed by atoms with Gasteiger partial charge in [0.25, 0.3) is 5.91 Å². The van der Waals surface area contributed by atoms with E-state index < -0.39 is 0 Å². The molecular formula is C17H22N4O. The first-order valence-electron chi connectivity index (χ1n) is 7.65. The third-order valence-electron chi connectivity index (χ3n) is 3.77. The fraction of sp³-hybridized carbons (Fsp3) is 0.412. The van der Waals surface area contributed by atoms with E-state index in [1.807, 2.05) is 30.3 Å². The average Bonchev–Trinajstić information content (AvgIpc) is 2.59. The lowest BCUT2D eigenvalue weighted by molar-refractivity contribution is -0.127. The first-order valence-corrected chi connectivity index (χ1v) is 7.65. The Morgan fingerprint density at radius 1 is 1.32 bits per heavy atom. The predicted octanol–water partition coefficient (Wildman–Crippen LogP) is 1.65. The SMILES string of the molecule is N#C/C(=C/NCc1cccc(CN)c1)C(=O)N1CCCCC1. The van der Waals surface area contributed by atoms with Gasteiger partial charge >= 0.3 is 0 Å². The van der Waals surface area contributed by atoms with Gasteiger partial charge in [0.15, 0.2) is 0 Å². The molecule has 0 unspecified atom stereocenters. The van der Waals surface area contributed by atoms with Crippen LogP contribution in [-0.2, 0) is 17.9 Å². The van der Waals surface area contributed by atoms with Gasteiger partial charge in [0.2, 0.25) is 0 Å². The lowest BCUT2D eigenvalue weighted by Crippen LogP contribution is -2.36. The van der Waals surface area contributed by atoms with Crippen molar-refractivity contribution in [3.8, 4) is 6.07 Å². The van der Waals surface area contributed by atoms with Crippen molar-refractivity contribution in [3.05, 3.63) is 47.2 Å². The molecule has 0 radical (unpaired) electrons. The van der Waals surface area contributed by atoms with Crippen LogP contribution in [0.25, 0.3) is 0 Å². The van der Waals surface area contributed by atoms with Crippen LogP contribution in [0, 0.1) is 11.3 Å². The number of amides is 1. The molecule has 1 aromatic carbocycles. The van der Waals surface area contributed by atoms with Crippen molar-refractivity contribution in [2.75, 3.05) is 13.1 Å². The number of carbonyl (C=O) groups excluding carboxylic acids is 1. The van der Waals surface area contributed by atoms with E-state index in [0.29, 0.717) is 13.1 Å². The number of nitrogens with two attached hydrogens (primary N) is 1. The molecule has 0 bridgehead atoms. The molecule has 1 aliphatic heterocycles. The second-order valence-corrected chi connectivity index (χ2v) is 5.43. The highest BCUT2D eigenvalue weighted by Gasteiger charge is 2.19. The number of benzene rings is 1. The van der Waals surface area contributed by atoms with E-state index in [-0.39, 0.29) is 11.5 Å². The molecule has 2 rings (SSSR count). The van der Waals surface area contributed by atoms with Gasteiger partial charge in [-0.15, -0.1) is 0 Å². The van der Waals surface area contributed by atoms with Gasteiger partial charge in [0.05, 0.1) is 0 Å². The second kappa shape index (κ2) is 8.20. The molecule has 0 saturated carbocycles. The minimum Gasteiger partial charge on any atom is -0.386 e. The molecule has 1 aromatic rings. The van der Waals surface area contributed by atoms with Crippen LogP contribution in [0.4, 0.5) is 0 Å². The molecule has 0 atom stereocenters. The summed E-state index contributed by atoms with van der Waals surface area (Å²) in [5.74, 6) is -0.176. The molecule has 3 N–H and O–H groups in total. The largest absolute Gasteiger partial charge is 0.386 e. The Labute approximate surface area is 131 Å². The summed E-state index contributed by atoms with van der Waals surface area (Å²) in [4.78, 5) is 14.0. The summed E-state index contributed by atoms with van der Waals surface area (Å²) in [6, 6.07) is 9.92. The van der Waals surface area contributed by atoms with Crippen LogP contribution < -0.4 is 11.1 Å². The highest BCUT2D eigenvalue weighted by Crippen LogP contribution is 2.11. The zero-order valence-electron chi connectivity index (χ0n) is 12.7. The minimum atomic E-state index is -0.176. The Balaban J connectivity index is 1.94. The van der Waals surface area contributed by atoms with Crippen molar-refractivity contribution in [2.24, 2.45) is 5.73 Å². The van der Waals surface area contributed by atoms with Gasteiger partial charge in [0, 0.05) is 32.4 Å². The van der Waals surface area contributed by atoms with Gasteiger partial charge < -0.3 is 16.0 Å². The number of hydrogen-bond donors (Lipinski definition) is 2. The van der Waals surface area contributed by atoms with Gasteiger partial charge in [0.1, 0.15) is 11.6 Å². The van der Waals surface area contributed by atoms with Crippen LogP contribution in [0.15, 0.2) is 36.0 Å². The topological polar surface area (TPSA) is 82.1 Å². The van der Waals surface area contributed by atoms with E-state index in [2.05, 4.69) is 5.32 Å². The summed E-state index contributed by atoms with van der Waals surface area (Å²) >= 11 is 0. The summed E-state index contributed by atoms with van der Waals surface area (Å²) in [5, 5.41) is 12.2. The van der Waals surface area contributed by atoms with Crippen molar-refractivity contribution in [1.29, 1.82) is 5.26 Å². The lowest BCUT2D eigenvalue weighted by Gasteiger charge is -2.26. The van der Waals surface area contributed by atoms with Crippen molar-refractivity contribution < 1.29 is 4.79 Å². The zero-order valence-corrected chi connectivity index (χ0v) is 12.7. The highest BCUT2D eigenvalue weighted by atomic mass is 16.2. The van der Waals surface area contributed by atoms with Crippen LogP contribution in [-0.4, -0.2) is 23.9 Å². The van der Waals surface area contributed by atoms with E-state index in [1.165, 1.54) is 6.20 Å². The van der Waals surface area contributed by atoms with Crippen LogP contribution in [0.2, 0.25) is 0 Å². The molecule has 116 valence electrons. The van der Waals surface area contributed by atoms with Crippen LogP contribution in [0.3, 0.4) is 0 Å². The maximum absolute atomic E-state index is 12.3. The molecule has 1 fully saturated rings. The summed E-state index contributed by atoms with van der Waals surface area (Å²) in [5.41, 5.74) is 7.91. The number of nitrogens with zero attached hydrogens (tertiary/aromatic N) is 2. The monoisotopic (exact) mass is 298 g/mol. The Kier molecular flexibility index (Phi) is 5.99. The van der Waals surface area contributed by atoms with Gasteiger partial charge in [-0.3, -0.25) is 4.79 Å². The molecule has 5 heteroatoms. The number of likely N-dealkylation sites (tertiary alicyclic amines) is 1. The number of hydrogen-bond acceptors (Lipinski definition) is 4. The normalized spacial score (nSPS) is 15.3. The zero-order chi connectivity index (χ0) is 15.8.